The summed E-state index contributed by atoms with van der Waals surface area (Å²) in [7, 11) is 0. The number of nitrogens with one attached hydrogen (secondary N) is 1. The van der Waals surface area contributed by atoms with E-state index in [2.05, 4.69) is 4.98 Å². The minimum absolute atomic E-state index is 0.222. The Balaban J connectivity index is 2.39. The molecule has 0 aliphatic carbocycles. The van der Waals surface area contributed by atoms with Gasteiger partial charge in [0.2, 0.25) is 0 Å². The molecular formula is C11H11NO2. The number of hydrogen-bond donors (Lipinski definition) is 1. The van der Waals surface area contributed by atoms with Crippen LogP contribution in [0.25, 0.3) is 10.9 Å². The molecule has 14 heavy (non-hydrogen) atoms. The van der Waals surface area contributed by atoms with E-state index in [0.717, 1.165) is 16.6 Å². The van der Waals surface area contributed by atoms with Crippen molar-refractivity contribution < 1.29 is 9.53 Å². The summed E-state index contributed by atoms with van der Waals surface area (Å²) in [6, 6.07) is 9.94. The number of carbonyl (C=O) groups is 1. The maximum Gasteiger partial charge on any atom is 0.293 e. The molecule has 1 aromatic carbocycles. The fraction of sp³-hybridized carbons (Fsp3) is 0.182. The molecule has 1 aromatic heterocycles. The number of aromatic nitrogens is 1. The highest BCUT2D eigenvalue weighted by atomic mass is 16.5. The normalized spacial score (nSPS) is 12.6. The van der Waals surface area contributed by atoms with E-state index in [-0.39, 0.29) is 6.10 Å². The zero-order chi connectivity index (χ0) is 9.97. The average Bonchev–Trinajstić information content (AvgIpc) is 2.61. The van der Waals surface area contributed by atoms with Crippen LogP contribution in [0.4, 0.5) is 0 Å². The van der Waals surface area contributed by atoms with Gasteiger partial charge in [0.1, 0.15) is 6.10 Å². The van der Waals surface area contributed by atoms with Crippen molar-refractivity contribution in [3.63, 3.8) is 0 Å². The molecule has 1 unspecified atom stereocenters. The number of ether oxygens (including phenoxy) is 1. The van der Waals surface area contributed by atoms with Crippen molar-refractivity contribution in [2.75, 3.05) is 0 Å². The first-order chi connectivity index (χ1) is 6.81. The van der Waals surface area contributed by atoms with Crippen LogP contribution >= 0.6 is 0 Å². The van der Waals surface area contributed by atoms with Gasteiger partial charge in [0.15, 0.2) is 0 Å². The zero-order valence-electron chi connectivity index (χ0n) is 7.86. The van der Waals surface area contributed by atoms with Gasteiger partial charge in [-0.25, -0.2) is 0 Å². The number of aromatic amines is 1. The van der Waals surface area contributed by atoms with Gasteiger partial charge in [0.05, 0.1) is 5.69 Å². The van der Waals surface area contributed by atoms with Crippen LogP contribution in [0.2, 0.25) is 0 Å². The molecule has 2 rings (SSSR count). The predicted molar refractivity (Wildman–Crippen MR) is 53.9 cm³/mol. The Kier molecular flexibility index (Phi) is 2.23. The summed E-state index contributed by atoms with van der Waals surface area (Å²) >= 11 is 0. The summed E-state index contributed by atoms with van der Waals surface area (Å²) in [6.07, 6.45) is -0.222. The number of benzene rings is 1. The summed E-state index contributed by atoms with van der Waals surface area (Å²) in [5.74, 6) is 0. The topological polar surface area (TPSA) is 42.1 Å². The van der Waals surface area contributed by atoms with Crippen LogP contribution in [0, 0.1) is 0 Å². The number of hydrogen-bond acceptors (Lipinski definition) is 2. The molecule has 1 N–H and O–H groups in total. The number of para-hydroxylation sites is 1. The van der Waals surface area contributed by atoms with Crippen LogP contribution in [0.1, 0.15) is 18.7 Å². The molecule has 0 aliphatic heterocycles. The third-order valence-corrected chi connectivity index (χ3v) is 2.25. The van der Waals surface area contributed by atoms with Crippen molar-refractivity contribution in [1.82, 2.24) is 4.98 Å². The minimum Gasteiger partial charge on any atom is -0.458 e. The molecular weight excluding hydrogens is 178 g/mol. The molecule has 0 spiro atoms. The minimum atomic E-state index is -0.222. The molecule has 0 aliphatic rings. The van der Waals surface area contributed by atoms with E-state index in [4.69, 9.17) is 4.74 Å². The summed E-state index contributed by atoms with van der Waals surface area (Å²) in [5.41, 5.74) is 1.97. The predicted octanol–water partition coefficient (Wildman–Crippen LogP) is 2.40. The quantitative estimate of drug-likeness (QED) is 0.753. The van der Waals surface area contributed by atoms with E-state index >= 15 is 0 Å². The molecule has 0 saturated carbocycles. The standard InChI is InChI=1S/C11H11NO2/c1-8(14-7-13)11-6-9-4-2-3-5-10(9)12-11/h2-8,12H,1H3. The molecule has 0 fully saturated rings. The van der Waals surface area contributed by atoms with E-state index < -0.39 is 0 Å². The zero-order valence-corrected chi connectivity index (χ0v) is 7.86. The van der Waals surface area contributed by atoms with Crippen LogP contribution in [0.5, 0.6) is 0 Å². The van der Waals surface area contributed by atoms with Gasteiger partial charge < -0.3 is 9.72 Å². The van der Waals surface area contributed by atoms with Gasteiger partial charge in [-0.1, -0.05) is 18.2 Å². The van der Waals surface area contributed by atoms with E-state index in [1.807, 2.05) is 37.3 Å². The molecule has 0 bridgehead atoms. The lowest BCUT2D eigenvalue weighted by Gasteiger charge is -2.05. The van der Waals surface area contributed by atoms with Gasteiger partial charge >= 0.3 is 0 Å². The fourth-order valence-electron chi connectivity index (χ4n) is 1.47. The van der Waals surface area contributed by atoms with Crippen molar-refractivity contribution in [3.8, 4) is 0 Å². The smallest absolute Gasteiger partial charge is 0.293 e. The van der Waals surface area contributed by atoms with E-state index in [1.54, 1.807) is 0 Å². The summed E-state index contributed by atoms with van der Waals surface area (Å²) in [5, 5.41) is 1.13. The maximum absolute atomic E-state index is 10.2. The van der Waals surface area contributed by atoms with Crippen LogP contribution in [0.3, 0.4) is 0 Å². The molecule has 3 heteroatoms. The van der Waals surface area contributed by atoms with Gasteiger partial charge in [0, 0.05) is 5.52 Å². The second-order valence-electron chi connectivity index (χ2n) is 3.19. The van der Waals surface area contributed by atoms with Crippen LogP contribution in [-0.2, 0) is 9.53 Å². The van der Waals surface area contributed by atoms with Crippen molar-refractivity contribution >= 4 is 17.4 Å². The first kappa shape index (κ1) is 8.81. The van der Waals surface area contributed by atoms with Crippen LogP contribution in [-0.4, -0.2) is 11.5 Å². The average molecular weight is 189 g/mol. The summed E-state index contributed by atoms with van der Waals surface area (Å²) in [6.45, 7) is 2.30. The van der Waals surface area contributed by atoms with Crippen LogP contribution in [0.15, 0.2) is 30.3 Å². The highest BCUT2D eigenvalue weighted by Gasteiger charge is 2.08. The Hall–Kier alpha value is -1.77. The molecule has 3 nitrogen and oxygen atoms in total. The third-order valence-electron chi connectivity index (χ3n) is 2.25. The highest BCUT2D eigenvalue weighted by Crippen LogP contribution is 2.21. The van der Waals surface area contributed by atoms with Gasteiger partial charge in [-0.2, -0.15) is 0 Å². The van der Waals surface area contributed by atoms with Crippen molar-refractivity contribution in [2.24, 2.45) is 0 Å². The molecule has 0 amide bonds. The lowest BCUT2D eigenvalue weighted by Crippen LogP contribution is -1.97. The second-order valence-corrected chi connectivity index (χ2v) is 3.19. The molecule has 0 saturated heterocycles. The Morgan fingerprint density at radius 1 is 1.43 bits per heavy atom. The second kappa shape index (κ2) is 3.54. The maximum atomic E-state index is 10.2. The summed E-state index contributed by atoms with van der Waals surface area (Å²) < 4.78 is 4.85. The first-order valence-electron chi connectivity index (χ1n) is 4.48. The Morgan fingerprint density at radius 2 is 2.21 bits per heavy atom. The van der Waals surface area contributed by atoms with Crippen LogP contribution < -0.4 is 0 Å². The van der Waals surface area contributed by atoms with Gasteiger partial charge in [-0.3, -0.25) is 4.79 Å². The number of rotatable bonds is 3. The number of fused-ring (bicyclic) bond motifs is 1. The molecule has 2 aromatic rings. The SMILES string of the molecule is CC(OC=O)c1cc2ccccc2[nH]1. The van der Waals surface area contributed by atoms with Crippen molar-refractivity contribution in [1.29, 1.82) is 0 Å². The Bertz CT molecular complexity index is 414. The lowest BCUT2D eigenvalue weighted by atomic mass is 10.2. The number of H-pyrrole nitrogens is 1. The lowest BCUT2D eigenvalue weighted by molar-refractivity contribution is -0.133. The number of carbonyl (C=O) groups excluding carboxylic acids is 1. The Morgan fingerprint density at radius 3 is 2.93 bits per heavy atom. The van der Waals surface area contributed by atoms with E-state index in [0.29, 0.717) is 6.47 Å². The van der Waals surface area contributed by atoms with Gasteiger partial charge in [-0.15, -0.1) is 0 Å². The monoisotopic (exact) mass is 189 g/mol. The third kappa shape index (κ3) is 1.48. The first-order valence-corrected chi connectivity index (χ1v) is 4.48. The molecule has 72 valence electrons. The van der Waals surface area contributed by atoms with Gasteiger partial charge in [0.25, 0.3) is 6.47 Å². The van der Waals surface area contributed by atoms with E-state index in [1.165, 1.54) is 0 Å². The fourth-order valence-corrected chi connectivity index (χ4v) is 1.47. The van der Waals surface area contributed by atoms with Crippen molar-refractivity contribution in [3.05, 3.63) is 36.0 Å². The van der Waals surface area contributed by atoms with Crippen molar-refractivity contribution in [2.45, 2.75) is 13.0 Å². The summed E-state index contributed by atoms with van der Waals surface area (Å²) in [4.78, 5) is 13.4. The molecule has 0 radical (unpaired) electrons. The molecule has 1 atom stereocenters. The Labute approximate surface area is 81.7 Å². The highest BCUT2D eigenvalue weighted by molar-refractivity contribution is 5.80. The molecule has 1 heterocycles. The van der Waals surface area contributed by atoms with Gasteiger partial charge in [-0.05, 0) is 24.4 Å². The largest absolute Gasteiger partial charge is 0.458 e. The van der Waals surface area contributed by atoms with E-state index in [9.17, 15) is 4.79 Å².